The topological polar surface area (TPSA) is 191 Å². The Bertz CT molecular complexity index is 1360. The van der Waals surface area contributed by atoms with Crippen LogP contribution in [-0.4, -0.2) is 73.5 Å². The molecular formula is C23H24N6O7S3. The SMILES string of the molecule is CC[n+]1ccc(SCC2=C(C(=O)[O-])N3C(=O)C(NC(=O)/C(=N\O[C@H](C)C(=O)O)c4csc(N)n4)C3SC2)cc1. The maximum Gasteiger partial charge on any atom is 0.347 e. The zero-order valence-corrected chi connectivity index (χ0v) is 23.2. The lowest BCUT2D eigenvalue weighted by molar-refractivity contribution is -0.693. The van der Waals surface area contributed by atoms with E-state index in [1.807, 2.05) is 36.0 Å². The van der Waals surface area contributed by atoms with Gasteiger partial charge in [0.1, 0.15) is 23.7 Å². The fraction of sp³-hybridized carbons (Fsp3) is 0.348. The highest BCUT2D eigenvalue weighted by molar-refractivity contribution is 8.01. The molecule has 2 aliphatic rings. The summed E-state index contributed by atoms with van der Waals surface area (Å²) < 4.78 is 2.00. The van der Waals surface area contributed by atoms with Crippen molar-refractivity contribution >= 4 is 69.5 Å². The molecule has 13 nitrogen and oxygen atoms in total. The van der Waals surface area contributed by atoms with Crippen LogP contribution in [0.15, 0.2) is 51.2 Å². The second-order valence-electron chi connectivity index (χ2n) is 8.35. The molecule has 0 saturated carbocycles. The van der Waals surface area contributed by atoms with Crippen molar-refractivity contribution in [2.45, 2.75) is 42.8 Å². The van der Waals surface area contributed by atoms with Gasteiger partial charge < -0.3 is 30.9 Å². The predicted octanol–water partition coefficient (Wildman–Crippen LogP) is -0.577. The highest BCUT2D eigenvalue weighted by atomic mass is 32.2. The fourth-order valence-electron chi connectivity index (χ4n) is 3.69. The van der Waals surface area contributed by atoms with E-state index in [4.69, 9.17) is 15.7 Å². The molecule has 4 heterocycles. The number of carbonyl (C=O) groups excluding carboxylic acids is 3. The van der Waals surface area contributed by atoms with Gasteiger partial charge in [0.25, 0.3) is 11.8 Å². The van der Waals surface area contributed by atoms with Gasteiger partial charge in [-0.25, -0.2) is 14.3 Å². The van der Waals surface area contributed by atoms with Crippen molar-refractivity contribution in [2.75, 3.05) is 17.2 Å². The minimum atomic E-state index is -1.47. The number of nitrogen functional groups attached to an aromatic ring is 1. The number of rotatable bonds is 11. The molecule has 39 heavy (non-hydrogen) atoms. The molecule has 4 rings (SSSR count). The lowest BCUT2D eigenvalue weighted by Gasteiger charge is -2.50. The number of pyridine rings is 1. The van der Waals surface area contributed by atoms with E-state index in [-0.39, 0.29) is 22.2 Å². The highest BCUT2D eigenvalue weighted by Gasteiger charge is 2.53. The van der Waals surface area contributed by atoms with E-state index >= 15 is 0 Å². The number of aliphatic carboxylic acids is 2. The van der Waals surface area contributed by atoms with E-state index in [9.17, 15) is 24.3 Å². The minimum absolute atomic E-state index is 0.0347. The number of thioether (sulfide) groups is 2. The summed E-state index contributed by atoms with van der Waals surface area (Å²) in [5, 5.41) is 28.2. The first kappa shape index (κ1) is 28.4. The molecule has 0 aromatic carbocycles. The molecule has 2 aromatic heterocycles. The number of thiazole rings is 1. The lowest BCUT2D eigenvalue weighted by Crippen LogP contribution is -2.71. The molecule has 3 atom stereocenters. The first-order valence-corrected chi connectivity index (χ1v) is 14.5. The molecule has 2 unspecified atom stereocenters. The molecule has 16 heteroatoms. The molecule has 1 fully saturated rings. The van der Waals surface area contributed by atoms with Crippen LogP contribution in [0, 0.1) is 0 Å². The summed E-state index contributed by atoms with van der Waals surface area (Å²) in [4.78, 5) is 60.2. The Morgan fingerprint density at radius 2 is 2.13 bits per heavy atom. The van der Waals surface area contributed by atoms with E-state index in [1.54, 1.807) is 0 Å². The van der Waals surface area contributed by atoms with Crippen molar-refractivity contribution in [3.05, 3.63) is 46.9 Å². The van der Waals surface area contributed by atoms with Crippen LogP contribution in [0.3, 0.4) is 0 Å². The molecule has 1 saturated heterocycles. The molecule has 0 spiro atoms. The molecule has 4 N–H and O–H groups in total. The summed E-state index contributed by atoms with van der Waals surface area (Å²) in [6.07, 6.45) is 2.51. The Morgan fingerprint density at radius 1 is 1.41 bits per heavy atom. The van der Waals surface area contributed by atoms with Crippen LogP contribution < -0.4 is 20.7 Å². The van der Waals surface area contributed by atoms with Gasteiger partial charge >= 0.3 is 5.97 Å². The molecule has 0 bridgehead atoms. The Hall–Kier alpha value is -3.63. The number of oxime groups is 1. The van der Waals surface area contributed by atoms with E-state index in [0.29, 0.717) is 17.1 Å². The van der Waals surface area contributed by atoms with Gasteiger partial charge in [0, 0.05) is 33.9 Å². The third kappa shape index (κ3) is 6.17. The zero-order valence-electron chi connectivity index (χ0n) is 20.7. The van der Waals surface area contributed by atoms with E-state index in [2.05, 4.69) is 15.5 Å². The van der Waals surface area contributed by atoms with E-state index in [1.165, 1.54) is 35.8 Å². The van der Waals surface area contributed by atoms with Gasteiger partial charge in [-0.3, -0.25) is 14.5 Å². The summed E-state index contributed by atoms with van der Waals surface area (Å²) in [5.74, 6) is -3.58. The summed E-state index contributed by atoms with van der Waals surface area (Å²) >= 11 is 3.79. The van der Waals surface area contributed by atoms with Crippen LogP contribution in [0.2, 0.25) is 0 Å². The first-order chi connectivity index (χ1) is 18.6. The number of β-lactam (4-membered cyclic amide) rings is 1. The maximum atomic E-state index is 13.1. The number of nitrogens with one attached hydrogen (secondary N) is 1. The van der Waals surface area contributed by atoms with E-state index in [0.717, 1.165) is 27.7 Å². The third-order valence-electron chi connectivity index (χ3n) is 5.80. The molecule has 0 aliphatic carbocycles. The fourth-order valence-corrected chi connectivity index (χ4v) is 6.61. The van der Waals surface area contributed by atoms with Gasteiger partial charge in [0.15, 0.2) is 23.2 Å². The van der Waals surface area contributed by atoms with Crippen LogP contribution in [0.5, 0.6) is 0 Å². The minimum Gasteiger partial charge on any atom is -0.543 e. The van der Waals surface area contributed by atoms with Gasteiger partial charge in [-0.2, -0.15) is 0 Å². The van der Waals surface area contributed by atoms with Crippen molar-refractivity contribution in [3.63, 3.8) is 0 Å². The van der Waals surface area contributed by atoms with Gasteiger partial charge in [-0.15, -0.1) is 34.9 Å². The van der Waals surface area contributed by atoms with Crippen LogP contribution in [0.4, 0.5) is 5.13 Å². The highest BCUT2D eigenvalue weighted by Crippen LogP contribution is 2.41. The number of aromatic nitrogens is 2. The summed E-state index contributed by atoms with van der Waals surface area (Å²) in [6.45, 7) is 4.08. The summed E-state index contributed by atoms with van der Waals surface area (Å²) in [5.41, 5.74) is 5.67. The van der Waals surface area contributed by atoms with Crippen molar-refractivity contribution < 1.29 is 38.8 Å². The number of hydrogen-bond donors (Lipinski definition) is 3. The summed E-state index contributed by atoms with van der Waals surface area (Å²) in [6, 6.07) is 2.81. The number of carboxylic acids is 2. The standard InChI is InChI=1S/C23H24N6O7S3/c1-3-28-6-4-13(5-7-28)37-8-12-9-38-20-16(19(31)29(20)17(12)22(34)35)26-18(30)15(14-10-39-23(24)25-14)27-36-11(2)21(32)33/h4-7,10-11,16,20H,3,8-9H2,1-2H3,(H4-,24,25,26,30,32,33,34,35)/b27-15-/t11-,16?,20?/m1/s1. The summed E-state index contributed by atoms with van der Waals surface area (Å²) in [7, 11) is 0. The Balaban J connectivity index is 1.49. The number of amides is 2. The monoisotopic (exact) mass is 592 g/mol. The number of carboxylic acid groups (broad SMARTS) is 2. The van der Waals surface area contributed by atoms with E-state index < -0.39 is 41.3 Å². The van der Waals surface area contributed by atoms with Gasteiger partial charge in [-0.05, 0) is 19.4 Å². The largest absolute Gasteiger partial charge is 0.543 e. The average molecular weight is 593 g/mol. The number of aryl methyl sites for hydroxylation is 1. The number of anilines is 1. The Labute approximate surface area is 235 Å². The quantitative estimate of drug-likeness (QED) is 0.0995. The normalized spacial score (nSPS) is 19.7. The Kier molecular flexibility index (Phi) is 8.76. The molecule has 0 radical (unpaired) electrons. The zero-order chi connectivity index (χ0) is 28.3. The van der Waals surface area contributed by atoms with Gasteiger partial charge in [-0.1, -0.05) is 5.16 Å². The number of fused-ring (bicyclic) bond motifs is 1. The van der Waals surface area contributed by atoms with Crippen molar-refractivity contribution in [1.29, 1.82) is 0 Å². The maximum absolute atomic E-state index is 13.1. The van der Waals surface area contributed by atoms with Crippen LogP contribution in [-0.2, 0) is 30.6 Å². The van der Waals surface area contributed by atoms with Gasteiger partial charge in [0.05, 0.1) is 11.7 Å². The molecule has 2 aliphatic heterocycles. The third-order valence-corrected chi connectivity index (χ3v) is 8.91. The second kappa shape index (κ2) is 12.0. The van der Waals surface area contributed by atoms with Crippen LogP contribution >= 0.6 is 34.9 Å². The van der Waals surface area contributed by atoms with Crippen LogP contribution in [0.25, 0.3) is 0 Å². The van der Waals surface area contributed by atoms with Crippen molar-refractivity contribution in [2.24, 2.45) is 5.16 Å². The average Bonchev–Trinajstić information content (AvgIpc) is 3.35. The number of nitrogens with two attached hydrogens (primary N) is 1. The molecular weight excluding hydrogens is 568 g/mol. The molecule has 2 amide bonds. The Morgan fingerprint density at radius 3 is 2.72 bits per heavy atom. The van der Waals surface area contributed by atoms with Gasteiger partial charge in [0.2, 0.25) is 6.10 Å². The second-order valence-corrected chi connectivity index (χ2v) is 11.4. The van der Waals surface area contributed by atoms with Crippen molar-refractivity contribution in [1.82, 2.24) is 15.2 Å². The number of hydrogen-bond acceptors (Lipinski definition) is 12. The predicted molar refractivity (Wildman–Crippen MR) is 141 cm³/mol. The lowest BCUT2D eigenvalue weighted by atomic mass is 10.0. The molecule has 2 aromatic rings. The number of carbonyl (C=O) groups is 4. The number of nitrogens with zero attached hydrogens (tertiary/aromatic N) is 4. The first-order valence-electron chi connectivity index (χ1n) is 11.6. The smallest absolute Gasteiger partial charge is 0.347 e. The van der Waals surface area contributed by atoms with Crippen LogP contribution in [0.1, 0.15) is 19.5 Å². The molecule has 206 valence electrons. The van der Waals surface area contributed by atoms with Crippen molar-refractivity contribution in [3.8, 4) is 0 Å².